The van der Waals surface area contributed by atoms with Crippen molar-refractivity contribution in [2.24, 2.45) is 0 Å². The molecule has 2 aromatic carbocycles. The number of esters is 1. The molecule has 0 atom stereocenters. The second kappa shape index (κ2) is 9.10. The Balaban J connectivity index is 2.01. The first-order chi connectivity index (χ1) is 12.5. The highest BCUT2D eigenvalue weighted by molar-refractivity contribution is 6.31. The molecule has 7 heteroatoms. The minimum absolute atomic E-state index is 0.266. The topological polar surface area (TPSA) is 73.9 Å². The maximum Gasteiger partial charge on any atom is 0.342 e. The Morgan fingerprint density at radius 3 is 2.58 bits per heavy atom. The summed E-state index contributed by atoms with van der Waals surface area (Å²) in [7, 11) is 1.47. The van der Waals surface area contributed by atoms with Crippen molar-refractivity contribution in [3.63, 3.8) is 0 Å². The zero-order valence-corrected chi connectivity index (χ0v) is 15.6. The van der Waals surface area contributed by atoms with E-state index in [2.05, 4.69) is 5.32 Å². The summed E-state index contributed by atoms with van der Waals surface area (Å²) in [5, 5.41) is 3.17. The third-order valence-electron chi connectivity index (χ3n) is 3.50. The lowest BCUT2D eigenvalue weighted by atomic mass is 10.2. The van der Waals surface area contributed by atoms with Gasteiger partial charge in [-0.2, -0.15) is 0 Å². The number of amides is 1. The molecule has 2 rings (SSSR count). The SMILES string of the molecule is CCOc1ccccc1C(=O)OCC(=O)Nc1cc(C)c(Cl)cc1OC. The van der Waals surface area contributed by atoms with Crippen LogP contribution in [-0.2, 0) is 9.53 Å². The number of aryl methyl sites for hydroxylation is 1. The number of methoxy groups -OCH3 is 1. The van der Waals surface area contributed by atoms with E-state index in [9.17, 15) is 9.59 Å². The summed E-state index contributed by atoms with van der Waals surface area (Å²) in [6.07, 6.45) is 0. The number of benzene rings is 2. The van der Waals surface area contributed by atoms with E-state index in [1.165, 1.54) is 7.11 Å². The van der Waals surface area contributed by atoms with E-state index in [0.717, 1.165) is 5.56 Å². The van der Waals surface area contributed by atoms with Gasteiger partial charge in [-0.3, -0.25) is 4.79 Å². The highest BCUT2D eigenvalue weighted by atomic mass is 35.5. The average molecular weight is 378 g/mol. The second-order valence-corrected chi connectivity index (χ2v) is 5.76. The van der Waals surface area contributed by atoms with Gasteiger partial charge in [0.2, 0.25) is 0 Å². The molecule has 1 N–H and O–H groups in total. The number of hydrogen-bond donors (Lipinski definition) is 1. The van der Waals surface area contributed by atoms with Crippen molar-refractivity contribution in [1.82, 2.24) is 0 Å². The van der Waals surface area contributed by atoms with Gasteiger partial charge in [-0.05, 0) is 37.6 Å². The van der Waals surface area contributed by atoms with Crippen LogP contribution in [0.3, 0.4) is 0 Å². The molecule has 1 amide bonds. The van der Waals surface area contributed by atoms with Crippen molar-refractivity contribution < 1.29 is 23.8 Å². The smallest absolute Gasteiger partial charge is 0.342 e. The lowest BCUT2D eigenvalue weighted by molar-refractivity contribution is -0.119. The molecular weight excluding hydrogens is 358 g/mol. The molecule has 2 aromatic rings. The van der Waals surface area contributed by atoms with Gasteiger partial charge in [0.25, 0.3) is 5.91 Å². The van der Waals surface area contributed by atoms with E-state index in [1.54, 1.807) is 36.4 Å². The highest BCUT2D eigenvalue weighted by Gasteiger charge is 2.16. The zero-order valence-electron chi connectivity index (χ0n) is 14.8. The number of rotatable bonds is 7. The molecule has 0 unspecified atom stereocenters. The van der Waals surface area contributed by atoms with Crippen LogP contribution in [0.1, 0.15) is 22.8 Å². The fraction of sp³-hybridized carbons (Fsp3) is 0.263. The number of hydrogen-bond acceptors (Lipinski definition) is 5. The molecule has 0 bridgehead atoms. The van der Waals surface area contributed by atoms with Crippen LogP contribution < -0.4 is 14.8 Å². The third kappa shape index (κ3) is 4.89. The van der Waals surface area contributed by atoms with E-state index >= 15 is 0 Å². The van der Waals surface area contributed by atoms with Gasteiger partial charge in [0.1, 0.15) is 17.1 Å². The van der Waals surface area contributed by atoms with E-state index < -0.39 is 18.5 Å². The quantitative estimate of drug-likeness (QED) is 0.742. The van der Waals surface area contributed by atoms with Crippen LogP contribution in [0.2, 0.25) is 5.02 Å². The van der Waals surface area contributed by atoms with Crippen LogP contribution in [0.4, 0.5) is 5.69 Å². The minimum Gasteiger partial charge on any atom is -0.495 e. The fourth-order valence-electron chi connectivity index (χ4n) is 2.24. The van der Waals surface area contributed by atoms with Crippen LogP contribution in [0, 0.1) is 6.92 Å². The Bertz CT molecular complexity index is 807. The van der Waals surface area contributed by atoms with Crippen LogP contribution >= 0.6 is 11.6 Å². The lowest BCUT2D eigenvalue weighted by Gasteiger charge is -2.13. The van der Waals surface area contributed by atoms with Crippen molar-refractivity contribution in [1.29, 1.82) is 0 Å². The largest absolute Gasteiger partial charge is 0.495 e. The molecule has 138 valence electrons. The van der Waals surface area contributed by atoms with Gasteiger partial charge < -0.3 is 19.5 Å². The summed E-state index contributed by atoms with van der Waals surface area (Å²) in [6, 6.07) is 9.99. The van der Waals surface area contributed by atoms with Crippen molar-refractivity contribution in [2.45, 2.75) is 13.8 Å². The first-order valence-electron chi connectivity index (χ1n) is 7.99. The lowest BCUT2D eigenvalue weighted by Crippen LogP contribution is -2.21. The summed E-state index contributed by atoms with van der Waals surface area (Å²) >= 11 is 6.04. The third-order valence-corrected chi connectivity index (χ3v) is 3.90. The standard InChI is InChI=1S/C19H20ClNO5/c1-4-25-16-8-6-5-7-13(16)19(23)26-11-18(22)21-15-9-12(2)14(20)10-17(15)24-3/h5-10H,4,11H2,1-3H3,(H,21,22). The number of carbonyl (C=O) groups is 2. The van der Waals surface area contributed by atoms with Gasteiger partial charge in [0.05, 0.1) is 19.4 Å². The Kier molecular flexibility index (Phi) is 6.86. The van der Waals surface area contributed by atoms with Crippen molar-refractivity contribution in [3.8, 4) is 11.5 Å². The second-order valence-electron chi connectivity index (χ2n) is 5.36. The monoisotopic (exact) mass is 377 g/mol. The van der Waals surface area contributed by atoms with Crippen molar-refractivity contribution >= 4 is 29.2 Å². The molecule has 0 saturated carbocycles. The maximum absolute atomic E-state index is 12.2. The Morgan fingerprint density at radius 1 is 1.15 bits per heavy atom. The first-order valence-corrected chi connectivity index (χ1v) is 8.37. The van der Waals surface area contributed by atoms with Crippen molar-refractivity contribution in [3.05, 3.63) is 52.5 Å². The number of anilines is 1. The summed E-state index contributed by atoms with van der Waals surface area (Å²) in [5.41, 5.74) is 1.50. The van der Waals surface area contributed by atoms with Gasteiger partial charge in [0.15, 0.2) is 6.61 Å². The zero-order chi connectivity index (χ0) is 19.1. The predicted octanol–water partition coefficient (Wildman–Crippen LogP) is 3.85. The normalized spacial score (nSPS) is 10.2. The number of ether oxygens (including phenoxy) is 3. The number of para-hydroxylation sites is 1. The molecule has 0 heterocycles. The summed E-state index contributed by atoms with van der Waals surface area (Å²) in [4.78, 5) is 24.3. The summed E-state index contributed by atoms with van der Waals surface area (Å²) < 4.78 is 15.7. The van der Waals surface area contributed by atoms with E-state index in [-0.39, 0.29) is 5.56 Å². The molecular formula is C19H20ClNO5. The summed E-state index contributed by atoms with van der Waals surface area (Å²) in [5.74, 6) is -0.298. The van der Waals surface area contributed by atoms with Gasteiger partial charge in [0, 0.05) is 11.1 Å². The molecule has 6 nitrogen and oxygen atoms in total. The molecule has 0 fully saturated rings. The van der Waals surface area contributed by atoms with Crippen LogP contribution in [0.5, 0.6) is 11.5 Å². The van der Waals surface area contributed by atoms with Crippen LogP contribution in [0.25, 0.3) is 0 Å². The van der Waals surface area contributed by atoms with Gasteiger partial charge in [-0.15, -0.1) is 0 Å². The molecule has 26 heavy (non-hydrogen) atoms. The van der Waals surface area contributed by atoms with Crippen molar-refractivity contribution in [2.75, 3.05) is 25.6 Å². The van der Waals surface area contributed by atoms with Crippen LogP contribution in [-0.4, -0.2) is 32.2 Å². The van der Waals surface area contributed by atoms with E-state index in [4.69, 9.17) is 25.8 Å². The number of carbonyl (C=O) groups excluding carboxylic acids is 2. The minimum atomic E-state index is -0.636. The maximum atomic E-state index is 12.2. The van der Waals surface area contributed by atoms with Gasteiger partial charge in [-0.1, -0.05) is 23.7 Å². The molecule has 0 aliphatic carbocycles. The molecule has 0 aliphatic rings. The van der Waals surface area contributed by atoms with E-state index in [0.29, 0.717) is 28.8 Å². The summed E-state index contributed by atoms with van der Waals surface area (Å²) in [6.45, 7) is 3.60. The average Bonchev–Trinajstić information content (AvgIpc) is 2.63. The molecule has 0 aliphatic heterocycles. The molecule has 0 aromatic heterocycles. The Morgan fingerprint density at radius 2 is 1.88 bits per heavy atom. The Hall–Kier alpha value is -2.73. The van der Waals surface area contributed by atoms with Crippen LogP contribution in [0.15, 0.2) is 36.4 Å². The van der Waals surface area contributed by atoms with Gasteiger partial charge >= 0.3 is 5.97 Å². The predicted molar refractivity (Wildman–Crippen MR) is 99.3 cm³/mol. The number of nitrogens with one attached hydrogen (secondary N) is 1. The van der Waals surface area contributed by atoms with Gasteiger partial charge in [-0.25, -0.2) is 4.79 Å². The fourth-order valence-corrected chi connectivity index (χ4v) is 2.40. The molecule has 0 saturated heterocycles. The molecule has 0 spiro atoms. The number of halogens is 1. The Labute approximate surface area is 157 Å². The van der Waals surface area contributed by atoms with E-state index in [1.807, 2.05) is 13.8 Å². The molecule has 0 radical (unpaired) electrons. The first kappa shape index (κ1) is 19.6. The highest BCUT2D eigenvalue weighted by Crippen LogP contribution is 2.30.